The first-order valence-corrected chi connectivity index (χ1v) is 9.30. The van der Waals surface area contributed by atoms with Gasteiger partial charge in [-0.05, 0) is 48.4 Å². The molecule has 7 heteroatoms. The molecular weight excluding hydrogens is 352 g/mol. The summed E-state index contributed by atoms with van der Waals surface area (Å²) in [6, 6.07) is 10.5. The number of benzene rings is 1. The van der Waals surface area contributed by atoms with Crippen LogP contribution in [0.15, 0.2) is 41.8 Å². The number of aliphatic carboxylic acids is 1. The average molecular weight is 372 g/mol. The van der Waals surface area contributed by atoms with Crippen molar-refractivity contribution in [3.05, 3.63) is 57.8 Å². The van der Waals surface area contributed by atoms with E-state index in [9.17, 15) is 14.4 Å². The van der Waals surface area contributed by atoms with Gasteiger partial charge in [0.25, 0.3) is 11.8 Å². The molecule has 0 saturated heterocycles. The molecule has 2 aromatic rings. The Kier molecular flexibility index (Phi) is 5.37. The fourth-order valence-electron chi connectivity index (χ4n) is 3.00. The predicted molar refractivity (Wildman–Crippen MR) is 98.2 cm³/mol. The van der Waals surface area contributed by atoms with Gasteiger partial charge in [-0.3, -0.25) is 14.4 Å². The number of hydrogen-bond acceptors (Lipinski definition) is 4. The van der Waals surface area contributed by atoms with E-state index in [2.05, 4.69) is 10.6 Å². The first kappa shape index (κ1) is 18.1. The molecule has 0 unspecified atom stereocenters. The van der Waals surface area contributed by atoms with E-state index in [4.69, 9.17) is 5.11 Å². The number of carboxylic acid groups (broad SMARTS) is 1. The summed E-state index contributed by atoms with van der Waals surface area (Å²) in [6.45, 7) is 0.377. The van der Waals surface area contributed by atoms with E-state index in [1.54, 1.807) is 30.3 Å². The van der Waals surface area contributed by atoms with Crippen molar-refractivity contribution in [1.29, 1.82) is 0 Å². The standard InChI is InChI=1S/C19H20N2O4S/c22-16(23)11-19(8-2-9-19)21-17(24)14-6-4-13(5-7-14)12-20-18(25)15-3-1-10-26-15/h1,3-7,10H,2,8-9,11-12H2,(H,20,25)(H,21,24)(H,22,23). The molecule has 0 atom stereocenters. The van der Waals surface area contributed by atoms with E-state index < -0.39 is 11.5 Å². The lowest BCUT2D eigenvalue weighted by Crippen LogP contribution is -2.54. The Morgan fingerprint density at radius 1 is 1.08 bits per heavy atom. The smallest absolute Gasteiger partial charge is 0.305 e. The summed E-state index contributed by atoms with van der Waals surface area (Å²) >= 11 is 1.38. The normalized spacial score (nSPS) is 14.9. The zero-order chi connectivity index (χ0) is 18.6. The van der Waals surface area contributed by atoms with Crippen LogP contribution in [-0.4, -0.2) is 28.4 Å². The minimum atomic E-state index is -0.901. The monoisotopic (exact) mass is 372 g/mol. The molecule has 0 radical (unpaired) electrons. The van der Waals surface area contributed by atoms with Gasteiger partial charge in [0.1, 0.15) is 0 Å². The predicted octanol–water partition coefficient (Wildman–Crippen LogP) is 2.81. The molecule has 26 heavy (non-hydrogen) atoms. The van der Waals surface area contributed by atoms with Gasteiger partial charge in [-0.1, -0.05) is 18.2 Å². The van der Waals surface area contributed by atoms with Crippen LogP contribution in [0.1, 0.15) is 51.3 Å². The van der Waals surface area contributed by atoms with Gasteiger partial charge in [0.2, 0.25) is 0 Å². The molecular formula is C19H20N2O4S. The van der Waals surface area contributed by atoms with Gasteiger partial charge >= 0.3 is 5.97 Å². The number of hydrogen-bond donors (Lipinski definition) is 3. The Balaban J connectivity index is 1.56. The minimum absolute atomic E-state index is 0.0500. The van der Waals surface area contributed by atoms with E-state index in [1.165, 1.54) is 11.3 Å². The number of carbonyl (C=O) groups is 3. The largest absolute Gasteiger partial charge is 0.481 e. The maximum atomic E-state index is 12.4. The van der Waals surface area contributed by atoms with Crippen LogP contribution < -0.4 is 10.6 Å². The Morgan fingerprint density at radius 3 is 2.35 bits per heavy atom. The van der Waals surface area contributed by atoms with Crippen LogP contribution in [0.2, 0.25) is 0 Å². The highest BCUT2D eigenvalue weighted by Gasteiger charge is 2.40. The van der Waals surface area contributed by atoms with Crippen LogP contribution in [0.3, 0.4) is 0 Å². The zero-order valence-electron chi connectivity index (χ0n) is 14.2. The molecule has 1 saturated carbocycles. The maximum Gasteiger partial charge on any atom is 0.305 e. The topological polar surface area (TPSA) is 95.5 Å². The van der Waals surface area contributed by atoms with Gasteiger partial charge in [0.05, 0.1) is 16.8 Å². The van der Waals surface area contributed by atoms with E-state index in [0.29, 0.717) is 29.8 Å². The molecule has 2 amide bonds. The van der Waals surface area contributed by atoms with E-state index in [1.807, 2.05) is 11.4 Å². The second-order valence-electron chi connectivity index (χ2n) is 6.52. The number of carboxylic acids is 1. The molecule has 6 nitrogen and oxygen atoms in total. The van der Waals surface area contributed by atoms with Crippen molar-refractivity contribution < 1.29 is 19.5 Å². The van der Waals surface area contributed by atoms with Crippen molar-refractivity contribution in [3.8, 4) is 0 Å². The van der Waals surface area contributed by atoms with Crippen LogP contribution >= 0.6 is 11.3 Å². The van der Waals surface area contributed by atoms with E-state index in [0.717, 1.165) is 12.0 Å². The van der Waals surface area contributed by atoms with Gasteiger partial charge in [-0.15, -0.1) is 11.3 Å². The van der Waals surface area contributed by atoms with Gasteiger partial charge in [-0.25, -0.2) is 0 Å². The van der Waals surface area contributed by atoms with Crippen molar-refractivity contribution in [2.45, 2.75) is 37.8 Å². The van der Waals surface area contributed by atoms with E-state index >= 15 is 0 Å². The zero-order valence-corrected chi connectivity index (χ0v) is 15.0. The van der Waals surface area contributed by atoms with Crippen LogP contribution in [0.25, 0.3) is 0 Å². The molecule has 0 aliphatic heterocycles. The highest BCUT2D eigenvalue weighted by atomic mass is 32.1. The third-order valence-electron chi connectivity index (χ3n) is 4.59. The summed E-state index contributed by atoms with van der Waals surface area (Å²) in [7, 11) is 0. The Morgan fingerprint density at radius 2 is 1.81 bits per heavy atom. The highest BCUT2D eigenvalue weighted by molar-refractivity contribution is 7.12. The number of thiophene rings is 1. The number of rotatable bonds is 7. The van der Waals surface area contributed by atoms with Gasteiger partial charge in [-0.2, -0.15) is 0 Å². The molecule has 3 rings (SSSR count). The van der Waals surface area contributed by atoms with Gasteiger partial charge in [0, 0.05) is 12.1 Å². The molecule has 1 fully saturated rings. The summed E-state index contributed by atoms with van der Waals surface area (Å²) < 4.78 is 0. The fraction of sp³-hybridized carbons (Fsp3) is 0.316. The van der Waals surface area contributed by atoms with Crippen LogP contribution in [0.5, 0.6) is 0 Å². The first-order chi connectivity index (χ1) is 12.5. The summed E-state index contributed by atoms with van der Waals surface area (Å²) in [5.41, 5.74) is 0.751. The lowest BCUT2D eigenvalue weighted by molar-refractivity contribution is -0.139. The number of amides is 2. The summed E-state index contributed by atoms with van der Waals surface area (Å²) in [6.07, 6.45) is 2.26. The van der Waals surface area contributed by atoms with Crippen molar-refractivity contribution >= 4 is 29.1 Å². The molecule has 3 N–H and O–H groups in total. The fourth-order valence-corrected chi connectivity index (χ4v) is 3.64. The first-order valence-electron chi connectivity index (χ1n) is 8.42. The summed E-state index contributed by atoms with van der Waals surface area (Å²) in [5.74, 6) is -1.29. The Bertz CT molecular complexity index is 795. The summed E-state index contributed by atoms with van der Waals surface area (Å²) in [5, 5.41) is 16.6. The van der Waals surface area contributed by atoms with E-state index in [-0.39, 0.29) is 18.2 Å². The molecule has 0 bridgehead atoms. The lowest BCUT2D eigenvalue weighted by atomic mass is 9.74. The Hall–Kier alpha value is -2.67. The van der Waals surface area contributed by atoms with Crippen molar-refractivity contribution in [1.82, 2.24) is 10.6 Å². The molecule has 1 aliphatic rings. The van der Waals surface area contributed by atoms with Crippen LogP contribution in [0.4, 0.5) is 0 Å². The minimum Gasteiger partial charge on any atom is -0.481 e. The molecule has 1 aromatic heterocycles. The lowest BCUT2D eigenvalue weighted by Gasteiger charge is -2.41. The highest BCUT2D eigenvalue weighted by Crippen LogP contribution is 2.35. The third-order valence-corrected chi connectivity index (χ3v) is 5.46. The SMILES string of the molecule is O=C(O)CC1(NC(=O)c2ccc(CNC(=O)c3cccs3)cc2)CCC1. The molecule has 1 heterocycles. The van der Waals surface area contributed by atoms with Crippen LogP contribution in [-0.2, 0) is 11.3 Å². The number of nitrogens with one attached hydrogen (secondary N) is 2. The molecule has 1 aromatic carbocycles. The maximum absolute atomic E-state index is 12.4. The second kappa shape index (κ2) is 7.70. The van der Waals surface area contributed by atoms with Crippen LogP contribution in [0, 0.1) is 0 Å². The van der Waals surface area contributed by atoms with Gasteiger partial charge in [0.15, 0.2) is 0 Å². The van der Waals surface area contributed by atoms with Crippen molar-refractivity contribution in [2.24, 2.45) is 0 Å². The quantitative estimate of drug-likeness (QED) is 0.696. The molecule has 0 spiro atoms. The third kappa shape index (κ3) is 4.29. The average Bonchev–Trinajstić information content (AvgIpc) is 3.12. The van der Waals surface area contributed by atoms with Gasteiger partial charge < -0.3 is 15.7 Å². The Labute approximate surface area is 155 Å². The summed E-state index contributed by atoms with van der Waals surface area (Å²) in [4.78, 5) is 36.0. The second-order valence-corrected chi connectivity index (χ2v) is 7.46. The van der Waals surface area contributed by atoms with Crippen molar-refractivity contribution in [3.63, 3.8) is 0 Å². The molecule has 1 aliphatic carbocycles. The number of carbonyl (C=O) groups excluding carboxylic acids is 2. The van der Waals surface area contributed by atoms with Crippen molar-refractivity contribution in [2.75, 3.05) is 0 Å². The molecule has 136 valence electrons.